The molecule has 5 amide bonds. The van der Waals surface area contributed by atoms with E-state index in [1.807, 2.05) is 5.43 Å². The number of amides is 5. The van der Waals surface area contributed by atoms with Crippen molar-refractivity contribution in [3.8, 4) is 0 Å². The van der Waals surface area contributed by atoms with Crippen LogP contribution in [0.3, 0.4) is 0 Å². The van der Waals surface area contributed by atoms with Gasteiger partial charge in [0.1, 0.15) is 11.4 Å². The summed E-state index contributed by atoms with van der Waals surface area (Å²) >= 11 is 3.09. The molecule has 2 atom stereocenters. The Kier molecular flexibility index (Phi) is 6.27. The lowest BCUT2D eigenvalue weighted by Crippen LogP contribution is -2.60. The molecule has 9 nitrogen and oxygen atoms in total. The molecule has 1 aliphatic heterocycles. The van der Waals surface area contributed by atoms with Gasteiger partial charge in [-0.25, -0.2) is 19.4 Å². The van der Waals surface area contributed by atoms with Crippen LogP contribution in [0.25, 0.3) is 0 Å². The molecule has 0 saturated carbocycles. The first-order chi connectivity index (χ1) is 13.0. The van der Waals surface area contributed by atoms with Crippen LogP contribution in [0.4, 0.5) is 19.7 Å². The zero-order chi connectivity index (χ0) is 21.2. The second-order valence-electron chi connectivity index (χ2n) is 6.58. The van der Waals surface area contributed by atoms with E-state index in [1.165, 1.54) is 12.1 Å². The van der Waals surface area contributed by atoms with E-state index < -0.39 is 47.1 Å². The fraction of sp³-hybridized carbons (Fsp3) is 0.412. The molecular weight excluding hydrogens is 439 g/mol. The van der Waals surface area contributed by atoms with Gasteiger partial charge in [0.25, 0.3) is 5.91 Å². The number of hydrogen-bond acceptors (Lipinski definition) is 4. The van der Waals surface area contributed by atoms with Crippen LogP contribution in [-0.2, 0) is 9.59 Å². The van der Waals surface area contributed by atoms with Gasteiger partial charge < -0.3 is 15.7 Å². The minimum Gasteiger partial charge on any atom is -0.481 e. The van der Waals surface area contributed by atoms with Gasteiger partial charge in [0.2, 0.25) is 0 Å². The van der Waals surface area contributed by atoms with Gasteiger partial charge in [0, 0.05) is 4.47 Å². The number of carbonyl (C=O) groups is 4. The normalized spacial score (nSPS) is 20.1. The Hall–Kier alpha value is -2.69. The van der Waals surface area contributed by atoms with Gasteiger partial charge in [-0.05, 0) is 30.5 Å². The molecule has 0 spiro atoms. The minimum absolute atomic E-state index is 0.0870. The molecule has 11 heteroatoms. The predicted octanol–water partition coefficient (Wildman–Crippen LogP) is 2.68. The third-order valence-corrected chi connectivity index (χ3v) is 5.13. The maximum Gasteiger partial charge on any atom is 0.344 e. The van der Waals surface area contributed by atoms with E-state index in [4.69, 9.17) is 0 Å². The molecule has 0 radical (unpaired) electrons. The predicted molar refractivity (Wildman–Crippen MR) is 101 cm³/mol. The number of nitrogens with zero attached hydrogens (tertiary/aromatic N) is 1. The van der Waals surface area contributed by atoms with E-state index in [9.17, 15) is 28.7 Å². The third-order valence-electron chi connectivity index (χ3n) is 4.63. The van der Waals surface area contributed by atoms with Crippen molar-refractivity contribution >= 4 is 45.6 Å². The summed E-state index contributed by atoms with van der Waals surface area (Å²) in [7, 11) is 0. The maximum atomic E-state index is 13.8. The van der Waals surface area contributed by atoms with Crippen LogP contribution in [0.5, 0.6) is 0 Å². The van der Waals surface area contributed by atoms with Gasteiger partial charge in [0.05, 0.1) is 11.6 Å². The first-order valence-electron chi connectivity index (χ1n) is 8.46. The quantitative estimate of drug-likeness (QED) is 0.487. The number of carboxylic acids is 1. The number of imide groups is 1. The van der Waals surface area contributed by atoms with Gasteiger partial charge >= 0.3 is 18.0 Å². The molecule has 4 N–H and O–H groups in total. The second kappa shape index (κ2) is 8.13. The number of anilines is 1. The second-order valence-corrected chi connectivity index (χ2v) is 7.50. The lowest BCUT2D eigenvalue weighted by atomic mass is 9.74. The Balaban J connectivity index is 2.24. The Morgan fingerprint density at radius 2 is 2.00 bits per heavy atom. The summed E-state index contributed by atoms with van der Waals surface area (Å²) in [5.74, 6) is -4.62. The SMILES string of the molecule is CCC(C(=O)O)C1(C(C)C)NC(=O)N(NC(=O)Nc2ccc(Br)cc2F)C1=O. The maximum absolute atomic E-state index is 13.8. The van der Waals surface area contributed by atoms with Crippen molar-refractivity contribution < 1.29 is 28.7 Å². The number of hydrogen-bond donors (Lipinski definition) is 4. The van der Waals surface area contributed by atoms with E-state index in [0.29, 0.717) is 9.48 Å². The number of halogens is 2. The monoisotopic (exact) mass is 458 g/mol. The van der Waals surface area contributed by atoms with E-state index in [2.05, 4.69) is 26.6 Å². The number of urea groups is 2. The van der Waals surface area contributed by atoms with Crippen molar-refractivity contribution in [3.05, 3.63) is 28.5 Å². The van der Waals surface area contributed by atoms with Crippen molar-refractivity contribution in [2.75, 3.05) is 5.32 Å². The van der Waals surface area contributed by atoms with E-state index in [0.717, 1.165) is 6.07 Å². The Bertz CT molecular complexity index is 834. The molecular formula is C17H20BrFN4O5. The Morgan fingerprint density at radius 1 is 1.36 bits per heavy atom. The Labute approximate surface area is 168 Å². The average Bonchev–Trinajstić information content (AvgIpc) is 2.83. The number of rotatable bonds is 6. The number of benzene rings is 1. The number of carbonyl (C=O) groups excluding carboxylic acids is 3. The molecule has 152 valence electrons. The molecule has 28 heavy (non-hydrogen) atoms. The number of nitrogens with one attached hydrogen (secondary N) is 3. The van der Waals surface area contributed by atoms with Crippen LogP contribution in [0.2, 0.25) is 0 Å². The third kappa shape index (κ3) is 3.79. The fourth-order valence-electron chi connectivity index (χ4n) is 3.23. The molecule has 0 aromatic heterocycles. The summed E-state index contributed by atoms with van der Waals surface area (Å²) in [5, 5.41) is 14.5. The van der Waals surface area contributed by atoms with Crippen molar-refractivity contribution in [1.29, 1.82) is 0 Å². The molecule has 1 aliphatic rings. The largest absolute Gasteiger partial charge is 0.481 e. The first-order valence-corrected chi connectivity index (χ1v) is 9.26. The smallest absolute Gasteiger partial charge is 0.344 e. The highest BCUT2D eigenvalue weighted by atomic mass is 79.9. The standard InChI is InChI=1S/C17H20BrFN4O5/c1-4-10(13(24)25)17(8(2)3)14(26)23(16(28)21-17)22-15(27)20-12-6-5-9(18)7-11(12)19/h5-8,10H,4H2,1-3H3,(H,21,28)(H,24,25)(H2,20,22,27). The first kappa shape index (κ1) is 21.6. The Morgan fingerprint density at radius 3 is 2.50 bits per heavy atom. The van der Waals surface area contributed by atoms with Crippen LogP contribution in [-0.4, -0.2) is 39.6 Å². The molecule has 1 aromatic rings. The summed E-state index contributed by atoms with van der Waals surface area (Å²) in [6.45, 7) is 4.79. The molecule has 2 unspecified atom stereocenters. The number of hydrazine groups is 1. The van der Waals surface area contributed by atoms with Crippen LogP contribution in [0.1, 0.15) is 27.2 Å². The highest BCUT2D eigenvalue weighted by molar-refractivity contribution is 9.10. The topological polar surface area (TPSA) is 128 Å². The molecule has 1 saturated heterocycles. The summed E-state index contributed by atoms with van der Waals surface area (Å²) < 4.78 is 14.3. The highest BCUT2D eigenvalue weighted by Crippen LogP contribution is 2.35. The summed E-state index contributed by atoms with van der Waals surface area (Å²) in [6.07, 6.45) is 0.0870. The van der Waals surface area contributed by atoms with E-state index in [-0.39, 0.29) is 12.1 Å². The van der Waals surface area contributed by atoms with Gasteiger partial charge in [-0.3, -0.25) is 9.59 Å². The van der Waals surface area contributed by atoms with Crippen LogP contribution < -0.4 is 16.1 Å². The molecule has 1 aromatic carbocycles. The van der Waals surface area contributed by atoms with E-state index >= 15 is 0 Å². The molecule has 1 fully saturated rings. The van der Waals surface area contributed by atoms with Crippen LogP contribution in [0.15, 0.2) is 22.7 Å². The van der Waals surface area contributed by atoms with Crippen LogP contribution in [0, 0.1) is 17.7 Å². The van der Waals surface area contributed by atoms with Crippen LogP contribution >= 0.6 is 15.9 Å². The van der Waals surface area contributed by atoms with Gasteiger partial charge in [-0.15, -0.1) is 0 Å². The molecule has 2 rings (SSSR count). The average molecular weight is 459 g/mol. The fourth-order valence-corrected chi connectivity index (χ4v) is 3.56. The van der Waals surface area contributed by atoms with Crippen molar-refractivity contribution in [3.63, 3.8) is 0 Å². The van der Waals surface area contributed by atoms with Gasteiger partial charge in [-0.2, -0.15) is 5.01 Å². The van der Waals surface area contributed by atoms with Crippen molar-refractivity contribution in [1.82, 2.24) is 15.8 Å². The van der Waals surface area contributed by atoms with E-state index in [1.54, 1.807) is 20.8 Å². The molecule has 0 aliphatic carbocycles. The zero-order valence-electron chi connectivity index (χ0n) is 15.4. The van der Waals surface area contributed by atoms with Gasteiger partial charge in [0.15, 0.2) is 0 Å². The molecule has 1 heterocycles. The highest BCUT2D eigenvalue weighted by Gasteiger charge is 2.60. The summed E-state index contributed by atoms with van der Waals surface area (Å²) in [4.78, 5) is 49.1. The minimum atomic E-state index is -1.71. The summed E-state index contributed by atoms with van der Waals surface area (Å²) in [6, 6.07) is 1.92. The zero-order valence-corrected chi connectivity index (χ0v) is 17.0. The lowest BCUT2D eigenvalue weighted by Gasteiger charge is -2.35. The number of aliphatic carboxylic acids is 1. The summed E-state index contributed by atoms with van der Waals surface area (Å²) in [5.41, 5.74) is 0.165. The van der Waals surface area contributed by atoms with Gasteiger partial charge in [-0.1, -0.05) is 36.7 Å². The number of carboxylic acid groups (broad SMARTS) is 1. The molecule has 0 bridgehead atoms. The lowest BCUT2D eigenvalue weighted by molar-refractivity contribution is -0.152. The van der Waals surface area contributed by atoms with Crippen molar-refractivity contribution in [2.24, 2.45) is 11.8 Å². The van der Waals surface area contributed by atoms with Crippen molar-refractivity contribution in [2.45, 2.75) is 32.7 Å².